The number of nitrogens with one attached hydrogen (secondary N) is 1. The molecule has 0 aliphatic heterocycles. The molecule has 124 valence electrons. The number of thiazole rings is 1. The second-order valence-electron chi connectivity index (χ2n) is 5.07. The van der Waals surface area contributed by atoms with Crippen molar-refractivity contribution in [3.63, 3.8) is 0 Å². The van der Waals surface area contributed by atoms with E-state index in [1.807, 2.05) is 6.07 Å². The molecule has 9 heteroatoms. The zero-order valence-corrected chi connectivity index (χ0v) is 15.0. The Labute approximate surface area is 143 Å². The van der Waals surface area contributed by atoms with Gasteiger partial charge in [-0.05, 0) is 18.6 Å². The normalized spacial score (nSPS) is 12.8. The van der Waals surface area contributed by atoms with Gasteiger partial charge in [0.15, 0.2) is 5.15 Å². The first kappa shape index (κ1) is 17.8. The minimum Gasteiger partial charge on any atom is -0.315 e. The molecule has 2 rings (SSSR count). The third kappa shape index (κ3) is 4.98. The quantitative estimate of drug-likeness (QED) is 0.840. The first-order valence-electron chi connectivity index (χ1n) is 6.85. The summed E-state index contributed by atoms with van der Waals surface area (Å²) in [6, 6.07) is 3.62. The monoisotopic (exact) mass is 373 g/mol. The first-order chi connectivity index (χ1) is 10.8. The molecular formula is C14H16ClN3O3S2. The topological polar surface area (TPSA) is 89.0 Å². The number of anilines is 1. The van der Waals surface area contributed by atoms with Crippen molar-refractivity contribution in [2.24, 2.45) is 5.92 Å². The number of amides is 1. The lowest BCUT2D eigenvalue weighted by Crippen LogP contribution is -2.28. The van der Waals surface area contributed by atoms with E-state index in [1.54, 1.807) is 25.4 Å². The van der Waals surface area contributed by atoms with Crippen molar-refractivity contribution in [2.75, 3.05) is 17.3 Å². The van der Waals surface area contributed by atoms with Crippen LogP contribution in [0.15, 0.2) is 24.5 Å². The Hall–Kier alpha value is -1.51. The molecule has 2 heterocycles. The molecule has 0 fully saturated rings. The SMILES string of the molecule is CCC(CS(C)(=O)=O)C(=O)Nc1sc(-c2cccnc2)nc1Cl. The number of halogens is 1. The van der Waals surface area contributed by atoms with Crippen LogP contribution in [0.1, 0.15) is 13.3 Å². The predicted octanol–water partition coefficient (Wildman–Crippen LogP) is 2.87. The van der Waals surface area contributed by atoms with Crippen molar-refractivity contribution in [1.29, 1.82) is 0 Å². The summed E-state index contributed by atoms with van der Waals surface area (Å²) in [6.07, 6.45) is 4.84. The van der Waals surface area contributed by atoms with Crippen LogP contribution in [0, 0.1) is 5.92 Å². The molecule has 1 unspecified atom stereocenters. The van der Waals surface area contributed by atoms with Crippen molar-refractivity contribution < 1.29 is 13.2 Å². The summed E-state index contributed by atoms with van der Waals surface area (Å²) in [4.78, 5) is 20.5. The molecule has 1 N–H and O–H groups in total. The third-order valence-corrected chi connectivity index (χ3v) is 5.51. The Kier molecular flexibility index (Phi) is 5.72. The number of hydrogen-bond acceptors (Lipinski definition) is 6. The van der Waals surface area contributed by atoms with E-state index < -0.39 is 15.8 Å². The van der Waals surface area contributed by atoms with Crippen molar-refractivity contribution in [3.05, 3.63) is 29.7 Å². The summed E-state index contributed by atoms with van der Waals surface area (Å²) in [5.41, 5.74) is 0.795. The van der Waals surface area contributed by atoms with E-state index in [9.17, 15) is 13.2 Å². The number of hydrogen-bond donors (Lipinski definition) is 1. The lowest BCUT2D eigenvalue weighted by molar-refractivity contribution is -0.119. The van der Waals surface area contributed by atoms with Gasteiger partial charge in [-0.2, -0.15) is 0 Å². The standard InChI is InChI=1S/C14H16ClN3O3S2/c1-3-9(8-23(2,20)21)12(19)18-14-11(15)17-13(22-14)10-5-4-6-16-7-10/h4-7,9H,3,8H2,1-2H3,(H,18,19). The fourth-order valence-electron chi connectivity index (χ4n) is 1.95. The largest absolute Gasteiger partial charge is 0.315 e. The number of pyridine rings is 1. The number of sulfone groups is 1. The summed E-state index contributed by atoms with van der Waals surface area (Å²) in [7, 11) is -3.23. The maximum Gasteiger partial charge on any atom is 0.229 e. The van der Waals surface area contributed by atoms with Gasteiger partial charge in [0, 0.05) is 24.2 Å². The van der Waals surface area contributed by atoms with Crippen LogP contribution in [0.2, 0.25) is 5.15 Å². The molecule has 23 heavy (non-hydrogen) atoms. The van der Waals surface area contributed by atoms with E-state index in [0.29, 0.717) is 16.4 Å². The van der Waals surface area contributed by atoms with Crippen molar-refractivity contribution in [3.8, 4) is 10.6 Å². The molecule has 0 radical (unpaired) electrons. The molecule has 6 nitrogen and oxygen atoms in total. The van der Waals surface area contributed by atoms with Gasteiger partial charge < -0.3 is 5.32 Å². The number of rotatable bonds is 6. The highest BCUT2D eigenvalue weighted by Gasteiger charge is 2.23. The number of aromatic nitrogens is 2. The minimum atomic E-state index is -3.23. The smallest absolute Gasteiger partial charge is 0.229 e. The van der Waals surface area contributed by atoms with Crippen molar-refractivity contribution >= 4 is 43.7 Å². The fraction of sp³-hybridized carbons (Fsp3) is 0.357. The van der Waals surface area contributed by atoms with Gasteiger partial charge in [-0.15, -0.1) is 0 Å². The highest BCUT2D eigenvalue weighted by molar-refractivity contribution is 7.90. The minimum absolute atomic E-state index is 0.177. The molecule has 0 saturated heterocycles. The first-order valence-corrected chi connectivity index (χ1v) is 10.1. The zero-order chi connectivity index (χ0) is 17.0. The molecule has 0 aliphatic carbocycles. The molecule has 1 atom stereocenters. The Morgan fingerprint density at radius 3 is 2.78 bits per heavy atom. The van der Waals surface area contributed by atoms with Crippen LogP contribution in [0.4, 0.5) is 5.00 Å². The van der Waals surface area contributed by atoms with Crippen LogP contribution < -0.4 is 5.32 Å². The van der Waals surface area contributed by atoms with E-state index in [-0.39, 0.29) is 16.8 Å². The zero-order valence-electron chi connectivity index (χ0n) is 12.6. The van der Waals surface area contributed by atoms with E-state index >= 15 is 0 Å². The second-order valence-corrected chi connectivity index (χ2v) is 8.61. The molecule has 0 aliphatic rings. The van der Waals surface area contributed by atoms with Crippen LogP contribution in [0.3, 0.4) is 0 Å². The average molecular weight is 374 g/mol. The Balaban J connectivity index is 2.17. The van der Waals surface area contributed by atoms with Crippen LogP contribution in [-0.2, 0) is 14.6 Å². The van der Waals surface area contributed by atoms with Gasteiger partial charge in [-0.25, -0.2) is 13.4 Å². The molecule has 2 aromatic heterocycles. The van der Waals surface area contributed by atoms with Crippen LogP contribution in [0.25, 0.3) is 10.6 Å². The maximum atomic E-state index is 12.3. The lowest BCUT2D eigenvalue weighted by Gasteiger charge is -2.12. The Morgan fingerprint density at radius 2 is 2.22 bits per heavy atom. The predicted molar refractivity (Wildman–Crippen MR) is 92.5 cm³/mol. The van der Waals surface area contributed by atoms with Crippen LogP contribution >= 0.6 is 22.9 Å². The van der Waals surface area contributed by atoms with Crippen molar-refractivity contribution in [1.82, 2.24) is 9.97 Å². The maximum absolute atomic E-state index is 12.3. The summed E-state index contributed by atoms with van der Waals surface area (Å²) < 4.78 is 22.8. The molecule has 0 spiro atoms. The van der Waals surface area contributed by atoms with Gasteiger partial charge in [0.05, 0.1) is 11.7 Å². The summed E-state index contributed by atoms with van der Waals surface area (Å²) >= 11 is 7.29. The van der Waals surface area contributed by atoms with E-state index in [0.717, 1.165) is 11.8 Å². The van der Waals surface area contributed by atoms with Crippen LogP contribution in [0.5, 0.6) is 0 Å². The number of carbonyl (C=O) groups is 1. The Bertz CT molecular complexity index is 791. The molecular weight excluding hydrogens is 358 g/mol. The van der Waals surface area contributed by atoms with Crippen LogP contribution in [-0.4, -0.2) is 36.3 Å². The average Bonchev–Trinajstić information content (AvgIpc) is 2.86. The summed E-state index contributed by atoms with van der Waals surface area (Å²) in [5.74, 6) is -1.19. The van der Waals surface area contributed by atoms with E-state index in [1.165, 1.54) is 11.3 Å². The molecule has 0 aromatic carbocycles. The molecule has 1 amide bonds. The van der Waals surface area contributed by atoms with Gasteiger partial charge >= 0.3 is 0 Å². The van der Waals surface area contributed by atoms with Gasteiger partial charge in [0.1, 0.15) is 19.8 Å². The fourth-order valence-corrected chi connectivity index (χ4v) is 4.22. The highest BCUT2D eigenvalue weighted by atomic mass is 35.5. The number of nitrogens with zero attached hydrogens (tertiary/aromatic N) is 2. The van der Waals surface area contributed by atoms with E-state index in [2.05, 4.69) is 15.3 Å². The third-order valence-electron chi connectivity index (χ3n) is 3.10. The lowest BCUT2D eigenvalue weighted by atomic mass is 10.1. The number of carbonyl (C=O) groups excluding carboxylic acids is 1. The van der Waals surface area contributed by atoms with Gasteiger partial charge in [-0.1, -0.05) is 29.9 Å². The summed E-state index contributed by atoms with van der Waals surface area (Å²) in [6.45, 7) is 1.77. The summed E-state index contributed by atoms with van der Waals surface area (Å²) in [5, 5.41) is 3.89. The van der Waals surface area contributed by atoms with Crippen molar-refractivity contribution in [2.45, 2.75) is 13.3 Å². The second kappa shape index (κ2) is 7.37. The van der Waals surface area contributed by atoms with Gasteiger partial charge in [0.2, 0.25) is 5.91 Å². The highest BCUT2D eigenvalue weighted by Crippen LogP contribution is 2.35. The van der Waals surface area contributed by atoms with E-state index in [4.69, 9.17) is 11.6 Å². The molecule has 0 bridgehead atoms. The Morgan fingerprint density at radius 1 is 1.48 bits per heavy atom. The van der Waals surface area contributed by atoms with Gasteiger partial charge in [0.25, 0.3) is 0 Å². The molecule has 2 aromatic rings. The molecule has 0 saturated carbocycles. The van der Waals surface area contributed by atoms with Gasteiger partial charge in [-0.3, -0.25) is 9.78 Å².